The Bertz CT molecular complexity index is 1150. The molecule has 0 fully saturated rings. The van der Waals surface area contributed by atoms with Crippen LogP contribution in [0.5, 0.6) is 0 Å². The monoisotopic (exact) mass is 393 g/mol. The Morgan fingerprint density at radius 2 is 1.79 bits per heavy atom. The molecular weight excluding hydrogens is 377 g/mol. The van der Waals surface area contributed by atoms with Crippen LogP contribution >= 0.6 is 11.6 Å². The maximum absolute atomic E-state index is 13.3. The van der Waals surface area contributed by atoms with Crippen LogP contribution in [0.3, 0.4) is 0 Å². The molecule has 4 rings (SSSR count). The summed E-state index contributed by atoms with van der Waals surface area (Å²) < 4.78 is 15.0. The summed E-state index contributed by atoms with van der Waals surface area (Å²) >= 11 is 6.24. The lowest BCUT2D eigenvalue weighted by Crippen LogP contribution is -2.28. The Kier molecular flexibility index (Phi) is 4.84. The molecule has 1 atom stereocenters. The number of fused-ring (bicyclic) bond motifs is 1. The summed E-state index contributed by atoms with van der Waals surface area (Å²) in [5.41, 5.74) is 2.96. The van der Waals surface area contributed by atoms with E-state index in [2.05, 4.69) is 10.3 Å². The first kappa shape index (κ1) is 18.2. The van der Waals surface area contributed by atoms with Crippen LogP contribution in [0.4, 0.5) is 4.39 Å². The van der Waals surface area contributed by atoms with Crippen molar-refractivity contribution < 1.29 is 9.18 Å². The molecule has 1 N–H and O–H groups in total. The number of rotatable bonds is 4. The second kappa shape index (κ2) is 7.44. The van der Waals surface area contributed by atoms with Crippen molar-refractivity contribution in [1.82, 2.24) is 14.7 Å². The Labute approximate surface area is 166 Å². The molecule has 0 saturated heterocycles. The molecule has 2 aromatic carbocycles. The van der Waals surface area contributed by atoms with Gasteiger partial charge < -0.3 is 5.32 Å². The molecule has 6 heteroatoms. The van der Waals surface area contributed by atoms with Crippen LogP contribution in [0.1, 0.15) is 29.1 Å². The number of carbonyl (C=O) groups is 1. The van der Waals surface area contributed by atoms with E-state index < -0.39 is 0 Å². The SMILES string of the molecule is CC(NC(=O)c1nc(-c2ccc(F)cc2)c2ccccn12)c1ccccc1Cl. The predicted octanol–water partition coefficient (Wildman–Crippen LogP) is 5.28. The van der Waals surface area contributed by atoms with Gasteiger partial charge in [-0.2, -0.15) is 0 Å². The first-order valence-electron chi connectivity index (χ1n) is 8.83. The summed E-state index contributed by atoms with van der Waals surface area (Å²) in [5.74, 6) is -0.380. The highest BCUT2D eigenvalue weighted by atomic mass is 35.5. The van der Waals surface area contributed by atoms with Crippen LogP contribution in [-0.4, -0.2) is 15.3 Å². The van der Waals surface area contributed by atoms with Gasteiger partial charge in [-0.25, -0.2) is 9.37 Å². The van der Waals surface area contributed by atoms with Crippen LogP contribution in [0.2, 0.25) is 5.02 Å². The molecule has 0 saturated carbocycles. The average Bonchev–Trinajstić information content (AvgIpc) is 3.09. The largest absolute Gasteiger partial charge is 0.343 e. The van der Waals surface area contributed by atoms with Crippen molar-refractivity contribution >= 4 is 23.0 Å². The van der Waals surface area contributed by atoms with Gasteiger partial charge in [-0.05, 0) is 55.0 Å². The second-order valence-electron chi connectivity index (χ2n) is 6.46. The molecule has 140 valence electrons. The fraction of sp³-hybridized carbons (Fsp3) is 0.0909. The standard InChI is InChI=1S/C22H17ClFN3O/c1-14(17-6-2-3-7-18(17)23)25-22(28)21-26-20(15-9-11-16(24)12-10-15)19-8-4-5-13-27(19)21/h2-14H,1H3,(H,25,28). The van der Waals surface area contributed by atoms with Crippen molar-refractivity contribution in [3.63, 3.8) is 0 Å². The topological polar surface area (TPSA) is 46.4 Å². The van der Waals surface area contributed by atoms with E-state index in [4.69, 9.17) is 11.6 Å². The lowest BCUT2D eigenvalue weighted by atomic mass is 10.1. The third kappa shape index (κ3) is 3.37. The summed E-state index contributed by atoms with van der Waals surface area (Å²) in [7, 11) is 0. The van der Waals surface area contributed by atoms with Gasteiger partial charge in [0, 0.05) is 16.8 Å². The smallest absolute Gasteiger partial charge is 0.288 e. The molecule has 0 bridgehead atoms. The molecule has 4 aromatic rings. The Balaban J connectivity index is 1.71. The lowest BCUT2D eigenvalue weighted by Gasteiger charge is -2.15. The number of benzene rings is 2. The third-order valence-electron chi connectivity index (χ3n) is 4.59. The molecule has 2 heterocycles. The highest BCUT2D eigenvalue weighted by Gasteiger charge is 2.20. The fourth-order valence-corrected chi connectivity index (χ4v) is 3.48. The minimum absolute atomic E-state index is 0.258. The number of halogens is 2. The lowest BCUT2D eigenvalue weighted by molar-refractivity contribution is 0.0929. The van der Waals surface area contributed by atoms with Crippen molar-refractivity contribution in [3.05, 3.63) is 95.2 Å². The molecule has 28 heavy (non-hydrogen) atoms. The maximum Gasteiger partial charge on any atom is 0.288 e. The zero-order valence-electron chi connectivity index (χ0n) is 15.1. The van der Waals surface area contributed by atoms with E-state index in [-0.39, 0.29) is 23.6 Å². The van der Waals surface area contributed by atoms with E-state index in [9.17, 15) is 9.18 Å². The summed E-state index contributed by atoms with van der Waals surface area (Å²) in [6.07, 6.45) is 1.78. The summed E-state index contributed by atoms with van der Waals surface area (Å²) in [4.78, 5) is 17.5. The number of carbonyl (C=O) groups excluding carboxylic acids is 1. The highest BCUT2D eigenvalue weighted by molar-refractivity contribution is 6.31. The predicted molar refractivity (Wildman–Crippen MR) is 108 cm³/mol. The van der Waals surface area contributed by atoms with E-state index in [1.54, 1.807) is 28.8 Å². The average molecular weight is 394 g/mol. The minimum atomic E-state index is -0.321. The van der Waals surface area contributed by atoms with Crippen molar-refractivity contribution in [2.75, 3.05) is 0 Å². The van der Waals surface area contributed by atoms with E-state index in [0.29, 0.717) is 10.7 Å². The van der Waals surface area contributed by atoms with Gasteiger partial charge >= 0.3 is 0 Å². The van der Waals surface area contributed by atoms with Gasteiger partial charge in [-0.1, -0.05) is 35.9 Å². The van der Waals surface area contributed by atoms with Gasteiger partial charge in [0.05, 0.1) is 17.3 Å². The van der Waals surface area contributed by atoms with Crippen molar-refractivity contribution in [3.8, 4) is 11.3 Å². The molecule has 0 aliphatic heterocycles. The Morgan fingerprint density at radius 1 is 1.07 bits per heavy atom. The van der Waals surface area contributed by atoms with E-state index in [1.807, 2.05) is 43.3 Å². The maximum atomic E-state index is 13.3. The third-order valence-corrected chi connectivity index (χ3v) is 4.93. The van der Waals surface area contributed by atoms with E-state index in [0.717, 1.165) is 16.6 Å². The van der Waals surface area contributed by atoms with Crippen molar-refractivity contribution in [2.45, 2.75) is 13.0 Å². The van der Waals surface area contributed by atoms with Gasteiger partial charge in [0.2, 0.25) is 5.82 Å². The Morgan fingerprint density at radius 3 is 2.54 bits per heavy atom. The van der Waals surface area contributed by atoms with Gasteiger partial charge in [0.15, 0.2) is 0 Å². The molecule has 1 unspecified atom stereocenters. The van der Waals surface area contributed by atoms with E-state index >= 15 is 0 Å². The summed E-state index contributed by atoms with van der Waals surface area (Å²) in [6, 6.07) is 18.7. The summed E-state index contributed by atoms with van der Waals surface area (Å²) in [6.45, 7) is 1.87. The van der Waals surface area contributed by atoms with Crippen LogP contribution in [0.25, 0.3) is 16.8 Å². The number of nitrogens with one attached hydrogen (secondary N) is 1. The molecule has 1 amide bonds. The van der Waals surface area contributed by atoms with Gasteiger partial charge in [-0.15, -0.1) is 0 Å². The number of aromatic nitrogens is 2. The van der Waals surface area contributed by atoms with E-state index in [1.165, 1.54) is 12.1 Å². The molecule has 0 radical (unpaired) electrons. The molecule has 0 spiro atoms. The van der Waals surface area contributed by atoms with Gasteiger partial charge in [0.25, 0.3) is 5.91 Å². The summed E-state index contributed by atoms with van der Waals surface area (Å²) in [5, 5.41) is 3.55. The minimum Gasteiger partial charge on any atom is -0.343 e. The zero-order chi connectivity index (χ0) is 19.7. The van der Waals surface area contributed by atoms with Crippen LogP contribution in [0.15, 0.2) is 72.9 Å². The molecule has 0 aliphatic carbocycles. The van der Waals surface area contributed by atoms with Crippen LogP contribution in [-0.2, 0) is 0 Å². The molecule has 0 aliphatic rings. The van der Waals surface area contributed by atoms with Crippen molar-refractivity contribution in [2.24, 2.45) is 0 Å². The zero-order valence-corrected chi connectivity index (χ0v) is 15.8. The molecular formula is C22H17ClFN3O. The van der Waals surface area contributed by atoms with Crippen LogP contribution < -0.4 is 5.32 Å². The number of pyridine rings is 1. The number of hydrogen-bond donors (Lipinski definition) is 1. The Hall–Kier alpha value is -3.18. The second-order valence-corrected chi connectivity index (χ2v) is 6.87. The number of amides is 1. The van der Waals surface area contributed by atoms with Crippen molar-refractivity contribution in [1.29, 1.82) is 0 Å². The molecule has 2 aromatic heterocycles. The highest BCUT2D eigenvalue weighted by Crippen LogP contribution is 2.26. The quantitative estimate of drug-likeness (QED) is 0.512. The van der Waals surface area contributed by atoms with Crippen LogP contribution in [0, 0.1) is 5.82 Å². The molecule has 4 nitrogen and oxygen atoms in total. The van der Waals surface area contributed by atoms with Gasteiger partial charge in [0.1, 0.15) is 5.82 Å². The van der Waals surface area contributed by atoms with Gasteiger partial charge in [-0.3, -0.25) is 9.20 Å². The first-order valence-corrected chi connectivity index (χ1v) is 9.20. The fourth-order valence-electron chi connectivity index (χ4n) is 3.18. The normalized spacial score (nSPS) is 12.1. The number of nitrogens with zero attached hydrogens (tertiary/aromatic N) is 2. The first-order chi connectivity index (χ1) is 13.5. The number of hydrogen-bond acceptors (Lipinski definition) is 2. The number of imidazole rings is 1.